The minimum atomic E-state index is -0.285. The molecule has 6 nitrogen and oxygen atoms in total. The fraction of sp³-hybridized carbons (Fsp3) is 0.250. The van der Waals surface area contributed by atoms with E-state index in [0.717, 1.165) is 5.56 Å². The van der Waals surface area contributed by atoms with E-state index >= 15 is 0 Å². The number of hydrogen-bond acceptors (Lipinski definition) is 4. The van der Waals surface area contributed by atoms with Gasteiger partial charge in [-0.1, -0.05) is 53.5 Å². The van der Waals surface area contributed by atoms with Crippen molar-refractivity contribution in [2.24, 2.45) is 0 Å². The van der Waals surface area contributed by atoms with Crippen LogP contribution in [0.5, 0.6) is 5.75 Å². The Bertz CT molecular complexity index is 850. The summed E-state index contributed by atoms with van der Waals surface area (Å²) in [4.78, 5) is 23.7. The van der Waals surface area contributed by atoms with E-state index in [1.54, 1.807) is 18.2 Å². The molecule has 2 aromatic rings. The first-order valence-electron chi connectivity index (χ1n) is 8.94. The number of thiocarbonyl (C=S) groups is 1. The molecule has 0 aliphatic heterocycles. The van der Waals surface area contributed by atoms with Gasteiger partial charge in [-0.25, -0.2) is 0 Å². The van der Waals surface area contributed by atoms with E-state index in [1.807, 2.05) is 30.3 Å². The van der Waals surface area contributed by atoms with E-state index in [9.17, 15) is 9.59 Å². The normalized spacial score (nSPS) is 10.1. The number of benzene rings is 2. The number of carbonyl (C=O) groups is 2. The molecule has 0 atom stereocenters. The summed E-state index contributed by atoms with van der Waals surface area (Å²) in [5.74, 6) is -0.00240. The number of aryl methyl sites for hydroxylation is 1. The average Bonchev–Trinajstić information content (AvgIpc) is 2.70. The van der Waals surface area contributed by atoms with Crippen LogP contribution in [0.4, 0.5) is 0 Å². The summed E-state index contributed by atoms with van der Waals surface area (Å²) in [6, 6.07) is 14.6. The van der Waals surface area contributed by atoms with Crippen molar-refractivity contribution in [1.82, 2.24) is 16.2 Å². The topological polar surface area (TPSA) is 79.5 Å². The molecule has 0 aliphatic rings. The molecule has 0 bridgehead atoms. The fourth-order valence-corrected chi connectivity index (χ4v) is 2.95. The summed E-state index contributed by atoms with van der Waals surface area (Å²) in [7, 11) is 0. The van der Waals surface area contributed by atoms with Gasteiger partial charge in [0.15, 0.2) is 5.11 Å². The van der Waals surface area contributed by atoms with Crippen LogP contribution in [0.3, 0.4) is 0 Å². The monoisotopic (exact) mass is 453 g/mol. The van der Waals surface area contributed by atoms with Crippen molar-refractivity contribution in [2.75, 3.05) is 6.61 Å². The minimum Gasteiger partial charge on any atom is -0.492 e. The molecule has 3 N–H and O–H groups in total. The number of halogens is 2. The summed E-state index contributed by atoms with van der Waals surface area (Å²) >= 11 is 16.8. The fourth-order valence-electron chi connectivity index (χ4n) is 2.32. The molecule has 0 spiro atoms. The molecule has 0 fully saturated rings. The molecule has 0 heterocycles. The van der Waals surface area contributed by atoms with E-state index < -0.39 is 0 Å². The van der Waals surface area contributed by atoms with Gasteiger partial charge in [0.2, 0.25) is 11.8 Å². The molecule has 2 aromatic carbocycles. The highest BCUT2D eigenvalue weighted by Crippen LogP contribution is 2.27. The lowest BCUT2D eigenvalue weighted by atomic mass is 10.1. The quantitative estimate of drug-likeness (QED) is 0.321. The Morgan fingerprint density at radius 1 is 0.966 bits per heavy atom. The Kier molecular flexibility index (Phi) is 9.70. The Balaban J connectivity index is 1.57. The lowest BCUT2D eigenvalue weighted by Gasteiger charge is -2.11. The van der Waals surface area contributed by atoms with Crippen LogP contribution < -0.4 is 20.9 Å². The van der Waals surface area contributed by atoms with E-state index in [-0.39, 0.29) is 23.3 Å². The van der Waals surface area contributed by atoms with Crippen molar-refractivity contribution in [1.29, 1.82) is 0 Å². The van der Waals surface area contributed by atoms with Crippen LogP contribution in [0.15, 0.2) is 48.5 Å². The van der Waals surface area contributed by atoms with Crippen molar-refractivity contribution >= 4 is 52.3 Å². The van der Waals surface area contributed by atoms with Crippen molar-refractivity contribution < 1.29 is 14.3 Å². The van der Waals surface area contributed by atoms with Crippen LogP contribution in [0.1, 0.15) is 24.8 Å². The SMILES string of the molecule is O=C(CCc1ccccc1)NNC(=S)NC(=O)CCCOc1ccc(Cl)cc1Cl. The molecule has 29 heavy (non-hydrogen) atoms. The van der Waals surface area contributed by atoms with E-state index in [1.165, 1.54) is 0 Å². The average molecular weight is 454 g/mol. The second-order valence-corrected chi connectivity index (χ2v) is 7.31. The second kappa shape index (κ2) is 12.3. The van der Waals surface area contributed by atoms with Crippen molar-refractivity contribution in [3.8, 4) is 5.75 Å². The number of nitrogens with one attached hydrogen (secondary N) is 3. The number of rotatable bonds is 8. The molecule has 0 saturated carbocycles. The number of carbonyl (C=O) groups excluding carboxylic acids is 2. The van der Waals surface area contributed by atoms with Crippen LogP contribution in [-0.4, -0.2) is 23.5 Å². The summed E-state index contributed by atoms with van der Waals surface area (Å²) in [6.45, 7) is 0.311. The van der Waals surface area contributed by atoms with E-state index in [2.05, 4.69) is 16.2 Å². The van der Waals surface area contributed by atoms with E-state index in [0.29, 0.717) is 41.7 Å². The number of hydrogen-bond donors (Lipinski definition) is 3. The summed E-state index contributed by atoms with van der Waals surface area (Å²) in [6.07, 6.45) is 1.59. The van der Waals surface area contributed by atoms with Crippen molar-refractivity contribution in [2.45, 2.75) is 25.7 Å². The molecule has 0 aromatic heterocycles. The van der Waals surface area contributed by atoms with E-state index in [4.69, 9.17) is 40.2 Å². The van der Waals surface area contributed by atoms with Gasteiger partial charge in [0.05, 0.1) is 11.6 Å². The van der Waals surface area contributed by atoms with Gasteiger partial charge < -0.3 is 10.1 Å². The van der Waals surface area contributed by atoms with Crippen molar-refractivity contribution in [3.05, 3.63) is 64.1 Å². The van der Waals surface area contributed by atoms with Crippen LogP contribution in [0.25, 0.3) is 0 Å². The molecule has 0 radical (unpaired) electrons. The zero-order valence-corrected chi connectivity index (χ0v) is 17.9. The first kappa shape index (κ1) is 22.9. The van der Waals surface area contributed by atoms with Crippen LogP contribution in [0.2, 0.25) is 10.0 Å². The number of hydrazine groups is 1. The van der Waals surface area contributed by atoms with Crippen LogP contribution >= 0.6 is 35.4 Å². The molecule has 2 rings (SSSR count). The number of amides is 2. The molecule has 154 valence electrons. The van der Waals surface area contributed by atoms with Gasteiger partial charge in [-0.2, -0.15) is 0 Å². The highest BCUT2D eigenvalue weighted by atomic mass is 35.5. The second-order valence-electron chi connectivity index (χ2n) is 6.06. The van der Waals surface area contributed by atoms with Gasteiger partial charge in [0, 0.05) is 17.9 Å². The standard InChI is InChI=1S/C20H21Cl2N3O3S/c21-15-9-10-17(16(22)13-15)28-12-4-7-18(26)23-20(29)25-24-19(27)11-8-14-5-2-1-3-6-14/h1-3,5-6,9-10,13H,4,7-8,11-12H2,(H,24,27)(H2,23,25,26,29). The largest absolute Gasteiger partial charge is 0.492 e. The molecule has 0 unspecified atom stereocenters. The first-order valence-corrected chi connectivity index (χ1v) is 10.1. The lowest BCUT2D eigenvalue weighted by molar-refractivity contribution is -0.122. The summed E-state index contributed by atoms with van der Waals surface area (Å²) < 4.78 is 5.51. The predicted octanol–water partition coefficient (Wildman–Crippen LogP) is 3.81. The van der Waals surface area contributed by atoms with Gasteiger partial charge in [0.1, 0.15) is 5.75 Å². The minimum absolute atomic E-state index is 0.0322. The third-order valence-electron chi connectivity index (χ3n) is 3.75. The van der Waals surface area contributed by atoms with Gasteiger partial charge in [-0.3, -0.25) is 20.4 Å². The van der Waals surface area contributed by atoms with Gasteiger partial charge in [-0.05, 0) is 48.8 Å². The maximum Gasteiger partial charge on any atom is 0.238 e. The van der Waals surface area contributed by atoms with Crippen molar-refractivity contribution in [3.63, 3.8) is 0 Å². The molecule has 0 saturated heterocycles. The Morgan fingerprint density at radius 2 is 1.72 bits per heavy atom. The zero-order chi connectivity index (χ0) is 21.1. The number of ether oxygens (including phenoxy) is 1. The van der Waals surface area contributed by atoms with Gasteiger partial charge >= 0.3 is 0 Å². The van der Waals surface area contributed by atoms with Crippen LogP contribution in [0, 0.1) is 0 Å². The summed E-state index contributed by atoms with van der Waals surface area (Å²) in [5, 5.41) is 3.46. The predicted molar refractivity (Wildman–Crippen MR) is 118 cm³/mol. The van der Waals surface area contributed by atoms with Gasteiger partial charge in [0.25, 0.3) is 0 Å². The maximum atomic E-state index is 11.9. The molecule has 9 heteroatoms. The zero-order valence-electron chi connectivity index (χ0n) is 15.5. The smallest absolute Gasteiger partial charge is 0.238 e. The molecular weight excluding hydrogens is 433 g/mol. The lowest BCUT2D eigenvalue weighted by Crippen LogP contribution is -2.48. The van der Waals surface area contributed by atoms with Crippen LogP contribution in [-0.2, 0) is 16.0 Å². The molecule has 0 aliphatic carbocycles. The Morgan fingerprint density at radius 3 is 2.45 bits per heavy atom. The molecular formula is C20H21Cl2N3O3S. The summed E-state index contributed by atoms with van der Waals surface area (Å²) in [5.41, 5.74) is 6.05. The Labute approximate surface area is 184 Å². The highest BCUT2D eigenvalue weighted by Gasteiger charge is 2.07. The third-order valence-corrected chi connectivity index (χ3v) is 4.49. The van der Waals surface area contributed by atoms with Gasteiger partial charge in [-0.15, -0.1) is 0 Å². The highest BCUT2D eigenvalue weighted by molar-refractivity contribution is 7.80. The first-order chi connectivity index (χ1) is 13.9. The Hall–Kier alpha value is -2.35. The molecule has 2 amide bonds. The third kappa shape index (κ3) is 9.13. The maximum absolute atomic E-state index is 11.9.